The van der Waals surface area contributed by atoms with Gasteiger partial charge >= 0.3 is 5.97 Å². The van der Waals surface area contributed by atoms with Crippen LogP contribution in [0.5, 0.6) is 5.75 Å². The Hall–Kier alpha value is -3.98. The number of hydrogen-bond donors (Lipinski definition) is 1. The van der Waals surface area contributed by atoms with Gasteiger partial charge in [0.05, 0.1) is 25.4 Å². The highest BCUT2D eigenvalue weighted by molar-refractivity contribution is 5.86. The van der Waals surface area contributed by atoms with E-state index in [0.29, 0.717) is 32.7 Å². The summed E-state index contributed by atoms with van der Waals surface area (Å²) in [5.41, 5.74) is 2.30. The van der Waals surface area contributed by atoms with Crippen LogP contribution < -0.4 is 10.1 Å². The first-order valence-corrected chi connectivity index (χ1v) is 12.0. The molecule has 1 N–H and O–H groups in total. The second-order valence-electron chi connectivity index (χ2n) is 8.64. The highest BCUT2D eigenvalue weighted by Gasteiger charge is 2.38. The van der Waals surface area contributed by atoms with Gasteiger partial charge in [0.1, 0.15) is 12.4 Å². The molecule has 1 saturated heterocycles. The molecule has 2 atom stereocenters. The van der Waals surface area contributed by atoms with E-state index < -0.39 is 5.97 Å². The van der Waals surface area contributed by atoms with Gasteiger partial charge in [0.25, 0.3) is 0 Å². The smallest absolute Gasteiger partial charge is 0.360 e. The zero-order valence-corrected chi connectivity index (χ0v) is 20.4. The van der Waals surface area contributed by atoms with E-state index in [0.717, 1.165) is 17.7 Å². The maximum absolute atomic E-state index is 13.3. The molecule has 1 amide bonds. The highest BCUT2D eigenvalue weighted by atomic mass is 16.5. The van der Waals surface area contributed by atoms with Crippen molar-refractivity contribution in [3.8, 4) is 5.75 Å². The van der Waals surface area contributed by atoms with Gasteiger partial charge in [-0.2, -0.15) is 0 Å². The molecule has 1 aromatic heterocycles. The van der Waals surface area contributed by atoms with Crippen LogP contribution in [-0.2, 0) is 22.5 Å². The van der Waals surface area contributed by atoms with Gasteiger partial charge < -0.3 is 14.8 Å². The molecular weight excluding hydrogens is 458 g/mol. The number of likely N-dealkylation sites (tertiary alicyclic amines) is 1. The van der Waals surface area contributed by atoms with Gasteiger partial charge in [0.15, 0.2) is 5.69 Å². The van der Waals surface area contributed by atoms with Gasteiger partial charge in [-0.3, -0.25) is 9.69 Å². The first-order valence-electron chi connectivity index (χ1n) is 12.0. The number of methoxy groups -OCH3 is 1. The summed E-state index contributed by atoms with van der Waals surface area (Å²) in [6.45, 7) is 5.76. The number of carbonyl (C=O) groups is 2. The molecule has 188 valence electrons. The van der Waals surface area contributed by atoms with E-state index in [1.807, 2.05) is 54.6 Å². The zero-order chi connectivity index (χ0) is 25.3. The summed E-state index contributed by atoms with van der Waals surface area (Å²) in [5.74, 6) is 0.184. The van der Waals surface area contributed by atoms with Crippen molar-refractivity contribution in [2.75, 3.05) is 26.8 Å². The molecule has 0 saturated carbocycles. The molecule has 36 heavy (non-hydrogen) atoms. The molecule has 0 aliphatic carbocycles. The largest absolute Gasteiger partial charge is 0.489 e. The van der Waals surface area contributed by atoms with Crippen LogP contribution in [0.1, 0.15) is 34.1 Å². The Morgan fingerprint density at radius 3 is 2.72 bits per heavy atom. The van der Waals surface area contributed by atoms with E-state index in [9.17, 15) is 9.59 Å². The number of esters is 1. The topological polar surface area (TPSA) is 98.6 Å². The third-order valence-corrected chi connectivity index (χ3v) is 6.22. The maximum Gasteiger partial charge on any atom is 0.360 e. The monoisotopic (exact) mass is 489 g/mol. The number of ether oxygens (including phenoxy) is 2. The van der Waals surface area contributed by atoms with Gasteiger partial charge in [0.2, 0.25) is 5.91 Å². The molecule has 1 aliphatic heterocycles. The predicted octanol–water partition coefficient (Wildman–Crippen LogP) is 2.80. The van der Waals surface area contributed by atoms with Gasteiger partial charge in [-0.15, -0.1) is 5.10 Å². The zero-order valence-electron chi connectivity index (χ0n) is 20.4. The fraction of sp³-hybridized carbons (Fsp3) is 0.333. The fourth-order valence-corrected chi connectivity index (χ4v) is 4.41. The van der Waals surface area contributed by atoms with E-state index in [4.69, 9.17) is 9.47 Å². The lowest BCUT2D eigenvalue weighted by atomic mass is 10.1. The van der Waals surface area contributed by atoms with E-state index in [2.05, 4.69) is 27.1 Å². The number of rotatable bonds is 11. The number of nitrogens with zero attached hydrogens (tertiary/aromatic N) is 4. The van der Waals surface area contributed by atoms with Gasteiger partial charge in [-0.25, -0.2) is 9.48 Å². The molecule has 9 heteroatoms. The number of amides is 1. The number of benzene rings is 2. The molecule has 1 aliphatic rings. The lowest BCUT2D eigenvalue weighted by Gasteiger charge is -2.24. The first kappa shape index (κ1) is 25.1. The van der Waals surface area contributed by atoms with Crippen LogP contribution in [0.15, 0.2) is 73.4 Å². The van der Waals surface area contributed by atoms with Crippen molar-refractivity contribution < 1.29 is 19.1 Å². The van der Waals surface area contributed by atoms with Crippen molar-refractivity contribution in [1.82, 2.24) is 25.2 Å². The molecule has 3 aromatic rings. The molecule has 0 radical (unpaired) electrons. The first-order chi connectivity index (χ1) is 17.6. The van der Waals surface area contributed by atoms with Crippen LogP contribution in [0.4, 0.5) is 0 Å². The van der Waals surface area contributed by atoms with Crippen LogP contribution in [0.25, 0.3) is 0 Å². The number of nitrogens with one attached hydrogen (secondary N) is 1. The van der Waals surface area contributed by atoms with Crippen LogP contribution in [-0.4, -0.2) is 64.6 Å². The highest BCUT2D eigenvalue weighted by Crippen LogP contribution is 2.31. The Kier molecular flexibility index (Phi) is 8.46. The third kappa shape index (κ3) is 6.17. The lowest BCUT2D eigenvalue weighted by molar-refractivity contribution is -0.125. The number of carbonyl (C=O) groups excluding carboxylic acids is 2. The molecule has 0 bridgehead atoms. The third-order valence-electron chi connectivity index (χ3n) is 6.22. The summed E-state index contributed by atoms with van der Waals surface area (Å²) in [6, 6.07) is 17.4. The van der Waals surface area contributed by atoms with E-state index in [1.165, 1.54) is 12.7 Å². The van der Waals surface area contributed by atoms with Gasteiger partial charge in [-0.1, -0.05) is 66.4 Å². The Morgan fingerprint density at radius 2 is 1.94 bits per heavy atom. The molecule has 2 heterocycles. The lowest BCUT2D eigenvalue weighted by Crippen LogP contribution is -2.43. The molecule has 0 unspecified atom stereocenters. The second kappa shape index (κ2) is 12.1. The van der Waals surface area contributed by atoms with Crippen LogP contribution >= 0.6 is 0 Å². The Morgan fingerprint density at radius 1 is 1.17 bits per heavy atom. The molecular formula is C27H31N5O4. The molecule has 1 fully saturated rings. The maximum atomic E-state index is 13.3. The average Bonchev–Trinajstić information content (AvgIpc) is 3.56. The summed E-state index contributed by atoms with van der Waals surface area (Å²) < 4.78 is 12.2. The summed E-state index contributed by atoms with van der Waals surface area (Å²) in [4.78, 5) is 27.3. The fourth-order valence-electron chi connectivity index (χ4n) is 4.41. The van der Waals surface area contributed by atoms with Crippen molar-refractivity contribution in [1.29, 1.82) is 0 Å². The summed E-state index contributed by atoms with van der Waals surface area (Å²) in [5, 5.41) is 11.2. The summed E-state index contributed by atoms with van der Waals surface area (Å²) in [6.07, 6.45) is 4.57. The van der Waals surface area contributed by atoms with Crippen molar-refractivity contribution >= 4 is 11.9 Å². The van der Waals surface area contributed by atoms with Crippen molar-refractivity contribution in [3.05, 3.63) is 90.3 Å². The van der Waals surface area contributed by atoms with E-state index in [1.54, 1.807) is 17.0 Å². The van der Waals surface area contributed by atoms with Gasteiger partial charge in [-0.05, 0) is 24.5 Å². The van der Waals surface area contributed by atoms with E-state index >= 15 is 0 Å². The van der Waals surface area contributed by atoms with Crippen molar-refractivity contribution in [3.63, 3.8) is 0 Å². The Labute approximate surface area is 210 Å². The standard InChI is InChI=1S/C27H31N5O4/c1-3-15-36-25-12-8-7-11-21(25)17-31-18-22(32-19-23(29-30-32)27(34)35-2)16-24(31)26(33)28-14-13-20-9-5-4-6-10-20/h3-12,19,22,24H,1,13-18H2,2H3,(H,28,33)/t22-,24-/m0/s1. The quantitative estimate of drug-likeness (QED) is 0.327. The Balaban J connectivity index is 1.49. The SMILES string of the molecule is C=CCOc1ccccc1CN1C[C@@H](n2cc(C(=O)OC)nn2)C[C@H]1C(=O)NCCc1ccccc1. The second-order valence-corrected chi connectivity index (χ2v) is 8.64. The minimum absolute atomic E-state index is 0.0359. The number of aromatic nitrogens is 3. The van der Waals surface area contributed by atoms with Crippen LogP contribution in [0.3, 0.4) is 0 Å². The van der Waals surface area contributed by atoms with Crippen LogP contribution in [0.2, 0.25) is 0 Å². The minimum Gasteiger partial charge on any atom is -0.489 e. The normalized spacial score (nSPS) is 17.5. The Bertz CT molecular complexity index is 1180. The predicted molar refractivity (Wildman–Crippen MR) is 135 cm³/mol. The van der Waals surface area contributed by atoms with Gasteiger partial charge in [0, 0.05) is 25.2 Å². The molecule has 2 aromatic carbocycles. The summed E-state index contributed by atoms with van der Waals surface area (Å²) in [7, 11) is 1.31. The number of hydrogen-bond acceptors (Lipinski definition) is 7. The minimum atomic E-state index is -0.542. The van der Waals surface area contributed by atoms with Crippen molar-refractivity contribution in [2.45, 2.75) is 31.5 Å². The van der Waals surface area contributed by atoms with Crippen LogP contribution in [0, 0.1) is 0 Å². The number of para-hydroxylation sites is 1. The molecule has 0 spiro atoms. The average molecular weight is 490 g/mol. The van der Waals surface area contributed by atoms with Crippen molar-refractivity contribution in [2.24, 2.45) is 0 Å². The molecule has 9 nitrogen and oxygen atoms in total. The summed E-state index contributed by atoms with van der Waals surface area (Å²) >= 11 is 0. The molecule has 4 rings (SSSR count). The van der Waals surface area contributed by atoms with E-state index in [-0.39, 0.29) is 23.7 Å².